The summed E-state index contributed by atoms with van der Waals surface area (Å²) in [5.41, 5.74) is 6.63. The summed E-state index contributed by atoms with van der Waals surface area (Å²) in [4.78, 5) is 12.1. The van der Waals surface area contributed by atoms with Crippen molar-refractivity contribution < 1.29 is 4.79 Å². The maximum atomic E-state index is 12.1. The standard InChI is InChI=1S/C14H17Cl2NO/c15-12-4-1-3-10(13(12)16)7-11(18)8-14(9-17)5-2-6-14/h1,3-4H,2,5-9,17H2. The van der Waals surface area contributed by atoms with E-state index in [2.05, 4.69) is 0 Å². The number of ketones is 1. The third-order valence-corrected chi connectivity index (χ3v) is 4.70. The highest BCUT2D eigenvalue weighted by molar-refractivity contribution is 6.42. The van der Waals surface area contributed by atoms with Gasteiger partial charge in [-0.2, -0.15) is 0 Å². The van der Waals surface area contributed by atoms with Crippen LogP contribution < -0.4 is 5.73 Å². The van der Waals surface area contributed by atoms with Crippen LogP contribution in [-0.4, -0.2) is 12.3 Å². The molecule has 1 saturated carbocycles. The first-order valence-electron chi connectivity index (χ1n) is 6.21. The summed E-state index contributed by atoms with van der Waals surface area (Å²) in [6, 6.07) is 5.39. The Kier molecular flexibility index (Phi) is 4.31. The van der Waals surface area contributed by atoms with Crippen molar-refractivity contribution in [3.63, 3.8) is 0 Å². The summed E-state index contributed by atoms with van der Waals surface area (Å²) in [6.07, 6.45) is 4.23. The molecule has 2 N–H and O–H groups in total. The highest BCUT2D eigenvalue weighted by Gasteiger charge is 2.37. The monoisotopic (exact) mass is 285 g/mol. The first-order valence-corrected chi connectivity index (χ1v) is 6.97. The van der Waals surface area contributed by atoms with Gasteiger partial charge in [-0.3, -0.25) is 4.79 Å². The van der Waals surface area contributed by atoms with Crippen LogP contribution in [0.15, 0.2) is 18.2 Å². The van der Waals surface area contributed by atoms with Crippen molar-refractivity contribution in [2.45, 2.75) is 32.1 Å². The molecular weight excluding hydrogens is 269 g/mol. The lowest BCUT2D eigenvalue weighted by atomic mass is 9.65. The molecule has 0 radical (unpaired) electrons. The molecule has 2 rings (SSSR count). The number of carbonyl (C=O) groups is 1. The number of Topliss-reactive ketones (excluding diaryl/α,β-unsaturated/α-hetero) is 1. The number of hydrogen-bond donors (Lipinski definition) is 1. The minimum Gasteiger partial charge on any atom is -0.330 e. The van der Waals surface area contributed by atoms with Crippen LogP contribution in [0.1, 0.15) is 31.2 Å². The Morgan fingerprint density at radius 1 is 1.33 bits per heavy atom. The van der Waals surface area contributed by atoms with Gasteiger partial charge in [-0.1, -0.05) is 41.8 Å². The van der Waals surface area contributed by atoms with Gasteiger partial charge in [0.15, 0.2) is 0 Å². The number of halogens is 2. The van der Waals surface area contributed by atoms with E-state index in [1.807, 2.05) is 12.1 Å². The third-order valence-electron chi connectivity index (χ3n) is 3.84. The van der Waals surface area contributed by atoms with Gasteiger partial charge in [0.25, 0.3) is 0 Å². The second kappa shape index (κ2) is 5.60. The fraction of sp³-hybridized carbons (Fsp3) is 0.500. The Labute approximate surface area is 117 Å². The van der Waals surface area contributed by atoms with E-state index in [0.29, 0.717) is 29.4 Å². The molecule has 2 nitrogen and oxygen atoms in total. The highest BCUT2D eigenvalue weighted by Crippen LogP contribution is 2.43. The van der Waals surface area contributed by atoms with E-state index in [1.165, 1.54) is 6.42 Å². The molecule has 4 heteroatoms. The zero-order chi connectivity index (χ0) is 13.2. The first-order chi connectivity index (χ1) is 8.56. The van der Waals surface area contributed by atoms with E-state index >= 15 is 0 Å². The number of hydrogen-bond acceptors (Lipinski definition) is 2. The predicted molar refractivity (Wildman–Crippen MR) is 75.1 cm³/mol. The Morgan fingerprint density at radius 2 is 2.06 bits per heavy atom. The van der Waals surface area contributed by atoms with Crippen LogP contribution in [0.3, 0.4) is 0 Å². The largest absolute Gasteiger partial charge is 0.330 e. The molecule has 1 aliphatic rings. The topological polar surface area (TPSA) is 43.1 Å². The molecule has 0 heterocycles. The van der Waals surface area contributed by atoms with Gasteiger partial charge in [-0.15, -0.1) is 0 Å². The van der Waals surface area contributed by atoms with Gasteiger partial charge in [0.05, 0.1) is 10.0 Å². The molecule has 1 aromatic rings. The molecule has 0 bridgehead atoms. The van der Waals surface area contributed by atoms with Crippen LogP contribution in [0.25, 0.3) is 0 Å². The van der Waals surface area contributed by atoms with Crippen molar-refractivity contribution in [2.75, 3.05) is 6.54 Å². The zero-order valence-electron chi connectivity index (χ0n) is 10.2. The molecule has 0 aromatic heterocycles. The molecule has 1 fully saturated rings. The van der Waals surface area contributed by atoms with Crippen molar-refractivity contribution in [1.82, 2.24) is 0 Å². The molecule has 0 amide bonds. The van der Waals surface area contributed by atoms with Gasteiger partial charge in [-0.25, -0.2) is 0 Å². The molecule has 0 unspecified atom stereocenters. The molecular formula is C14H17Cl2NO. The van der Waals surface area contributed by atoms with Crippen LogP contribution in [0.2, 0.25) is 10.0 Å². The lowest BCUT2D eigenvalue weighted by Crippen LogP contribution is -2.39. The van der Waals surface area contributed by atoms with E-state index in [1.54, 1.807) is 6.07 Å². The molecule has 98 valence electrons. The number of nitrogens with two attached hydrogens (primary N) is 1. The zero-order valence-corrected chi connectivity index (χ0v) is 11.7. The summed E-state index contributed by atoms with van der Waals surface area (Å²) >= 11 is 12.0. The predicted octanol–water partition coefficient (Wildman–Crippen LogP) is 3.62. The lowest BCUT2D eigenvalue weighted by molar-refractivity contribution is -0.122. The summed E-state index contributed by atoms with van der Waals surface area (Å²) in [7, 11) is 0. The minimum atomic E-state index is 0.0577. The number of rotatable bonds is 5. The van der Waals surface area contributed by atoms with Gasteiger partial charge < -0.3 is 5.73 Å². The van der Waals surface area contributed by atoms with Gasteiger partial charge in [0.2, 0.25) is 0 Å². The van der Waals surface area contributed by atoms with Crippen molar-refractivity contribution in [3.05, 3.63) is 33.8 Å². The van der Waals surface area contributed by atoms with E-state index < -0.39 is 0 Å². The maximum absolute atomic E-state index is 12.1. The summed E-state index contributed by atoms with van der Waals surface area (Å²) < 4.78 is 0. The fourth-order valence-electron chi connectivity index (χ4n) is 2.51. The Bertz CT molecular complexity index is 450. The third kappa shape index (κ3) is 2.87. The summed E-state index contributed by atoms with van der Waals surface area (Å²) in [5.74, 6) is 0.198. The molecule has 0 saturated heterocycles. The van der Waals surface area contributed by atoms with Gasteiger partial charge in [0, 0.05) is 12.8 Å². The fourth-order valence-corrected chi connectivity index (χ4v) is 2.89. The quantitative estimate of drug-likeness (QED) is 0.898. The first kappa shape index (κ1) is 13.9. The molecule has 1 aliphatic carbocycles. The summed E-state index contributed by atoms with van der Waals surface area (Å²) in [6.45, 7) is 0.599. The molecule has 18 heavy (non-hydrogen) atoms. The molecule has 0 aliphatic heterocycles. The van der Waals surface area contributed by atoms with Crippen LogP contribution in [0.5, 0.6) is 0 Å². The Hall–Kier alpha value is -0.570. The van der Waals surface area contributed by atoms with E-state index in [0.717, 1.165) is 18.4 Å². The van der Waals surface area contributed by atoms with Crippen LogP contribution in [-0.2, 0) is 11.2 Å². The number of benzene rings is 1. The lowest BCUT2D eigenvalue weighted by Gasteiger charge is -2.40. The highest BCUT2D eigenvalue weighted by atomic mass is 35.5. The van der Waals surface area contributed by atoms with Crippen molar-refractivity contribution in [1.29, 1.82) is 0 Å². The van der Waals surface area contributed by atoms with Crippen molar-refractivity contribution in [2.24, 2.45) is 11.1 Å². The maximum Gasteiger partial charge on any atom is 0.137 e. The second-order valence-corrected chi connectivity index (χ2v) is 5.95. The van der Waals surface area contributed by atoms with E-state index in [-0.39, 0.29) is 11.2 Å². The number of carbonyl (C=O) groups excluding carboxylic acids is 1. The average Bonchev–Trinajstić information content (AvgIpc) is 2.30. The van der Waals surface area contributed by atoms with Gasteiger partial charge in [-0.05, 0) is 36.4 Å². The normalized spacial score (nSPS) is 17.3. The van der Waals surface area contributed by atoms with Gasteiger partial charge in [0.1, 0.15) is 5.78 Å². The van der Waals surface area contributed by atoms with E-state index in [9.17, 15) is 4.79 Å². The van der Waals surface area contributed by atoms with Gasteiger partial charge >= 0.3 is 0 Å². The Morgan fingerprint density at radius 3 is 2.61 bits per heavy atom. The average molecular weight is 286 g/mol. The Balaban J connectivity index is 2.01. The molecule has 1 aromatic carbocycles. The van der Waals surface area contributed by atoms with Crippen LogP contribution in [0, 0.1) is 5.41 Å². The molecule has 0 atom stereocenters. The summed E-state index contributed by atoms with van der Waals surface area (Å²) in [5, 5.41) is 0.988. The molecule has 0 spiro atoms. The van der Waals surface area contributed by atoms with Crippen LogP contribution in [0.4, 0.5) is 0 Å². The van der Waals surface area contributed by atoms with Crippen LogP contribution >= 0.6 is 23.2 Å². The second-order valence-electron chi connectivity index (χ2n) is 5.16. The smallest absolute Gasteiger partial charge is 0.137 e. The van der Waals surface area contributed by atoms with Crippen molar-refractivity contribution >= 4 is 29.0 Å². The SMILES string of the molecule is NCC1(CC(=O)Cc2cccc(Cl)c2Cl)CCC1. The van der Waals surface area contributed by atoms with Crippen molar-refractivity contribution in [3.8, 4) is 0 Å². The minimum absolute atomic E-state index is 0.0577. The van der Waals surface area contributed by atoms with E-state index in [4.69, 9.17) is 28.9 Å².